The number of imidazole rings is 1. The average molecular weight is 526 g/mol. The molecule has 5 rings (SSSR count). The first-order valence-corrected chi connectivity index (χ1v) is 13.1. The summed E-state index contributed by atoms with van der Waals surface area (Å²) < 4.78 is 1.58. The number of carbonyl (C=O) groups is 2. The van der Waals surface area contributed by atoms with Crippen molar-refractivity contribution in [1.82, 2.24) is 30.2 Å². The number of amides is 2. The first kappa shape index (κ1) is 25.2. The number of hydrogen-bond acceptors (Lipinski definition) is 8. The molecule has 0 aromatic carbocycles. The fourth-order valence-corrected chi connectivity index (χ4v) is 4.65. The van der Waals surface area contributed by atoms with Crippen molar-refractivity contribution in [3.05, 3.63) is 41.4 Å². The molecule has 2 fully saturated rings. The Morgan fingerprint density at radius 3 is 2.43 bits per heavy atom. The molecule has 1 atom stereocenters. The number of nitrogens with one attached hydrogen (secondary N) is 5. The summed E-state index contributed by atoms with van der Waals surface area (Å²) in [6.07, 6.45) is 8.87. The number of carbonyl (C=O) groups excluding carboxylic acids is 2. The number of anilines is 3. The zero-order valence-corrected chi connectivity index (χ0v) is 21.7. The second-order valence-electron chi connectivity index (χ2n) is 9.77. The number of pyridine rings is 1. The summed E-state index contributed by atoms with van der Waals surface area (Å²) in [6, 6.07) is 5.82. The topological polar surface area (TPSA) is 137 Å². The molecule has 5 N–H and O–H groups in total. The summed E-state index contributed by atoms with van der Waals surface area (Å²) >= 11 is 5.96. The molecule has 0 bridgehead atoms. The Bertz CT molecular complexity index is 1280. The Kier molecular flexibility index (Phi) is 7.43. The lowest BCUT2D eigenvalue weighted by Crippen LogP contribution is -2.47. The zero-order valence-electron chi connectivity index (χ0n) is 20.9. The molecule has 11 nitrogen and oxygen atoms in total. The Morgan fingerprint density at radius 1 is 1.03 bits per heavy atom. The van der Waals surface area contributed by atoms with Crippen molar-refractivity contribution in [1.29, 1.82) is 0 Å². The monoisotopic (exact) mass is 525 g/mol. The largest absolute Gasteiger partial charge is 0.379 e. The second kappa shape index (κ2) is 10.9. The van der Waals surface area contributed by atoms with Crippen LogP contribution in [0.2, 0.25) is 5.15 Å². The van der Waals surface area contributed by atoms with E-state index >= 15 is 0 Å². The van der Waals surface area contributed by atoms with Gasteiger partial charge in [0.1, 0.15) is 11.0 Å². The van der Waals surface area contributed by atoms with Crippen LogP contribution in [0.25, 0.3) is 5.65 Å². The fourth-order valence-electron chi connectivity index (χ4n) is 4.47. The highest BCUT2D eigenvalue weighted by atomic mass is 35.5. The van der Waals surface area contributed by atoms with E-state index in [0.29, 0.717) is 34.0 Å². The number of nitrogens with zero attached hydrogens (tertiary/aromatic N) is 4. The molecule has 3 aromatic rings. The molecule has 2 aliphatic carbocycles. The number of likely N-dealkylation sites (N-methyl/N-ethyl adjacent to an activating group) is 1. The van der Waals surface area contributed by atoms with Crippen LogP contribution < -0.4 is 26.6 Å². The first-order valence-electron chi connectivity index (χ1n) is 12.7. The van der Waals surface area contributed by atoms with Gasteiger partial charge in [-0.2, -0.15) is 0 Å². The molecule has 196 valence electrons. The lowest BCUT2D eigenvalue weighted by Gasteiger charge is -2.30. The quantitative estimate of drug-likeness (QED) is 0.269. The van der Waals surface area contributed by atoms with E-state index in [0.717, 1.165) is 44.2 Å². The minimum absolute atomic E-state index is 0.0294. The highest BCUT2D eigenvalue weighted by Crippen LogP contribution is 2.30. The minimum Gasteiger partial charge on any atom is -0.379 e. The Labute approximate surface area is 220 Å². The van der Waals surface area contributed by atoms with E-state index in [1.165, 1.54) is 12.4 Å². The molecule has 3 aromatic heterocycles. The molecule has 2 aliphatic rings. The molecule has 0 spiro atoms. The summed E-state index contributed by atoms with van der Waals surface area (Å²) in [5.74, 6) is 0.358. The standard InChI is InChI=1S/C25H32ClN9O2/c1-14(27-2)24(36)32-17-7-5-16(6-8-17)31-22-12-19(30-15-3-4-15)23-29-13-20(35(23)34-22)25(37)33-18-9-10-28-21(26)11-18/h9-17,27,30H,3-8H2,1-2H3,(H,31,34)(H,32,36)(H,28,33,37)/t14-,16-,17-/m0/s1. The van der Waals surface area contributed by atoms with Gasteiger partial charge in [-0.1, -0.05) is 11.6 Å². The van der Waals surface area contributed by atoms with Gasteiger partial charge in [-0.15, -0.1) is 5.10 Å². The van der Waals surface area contributed by atoms with Crippen LogP contribution in [-0.2, 0) is 4.79 Å². The van der Waals surface area contributed by atoms with Crippen LogP contribution in [0.5, 0.6) is 0 Å². The summed E-state index contributed by atoms with van der Waals surface area (Å²) in [7, 11) is 1.78. The van der Waals surface area contributed by atoms with E-state index < -0.39 is 0 Å². The number of hydrogen-bond donors (Lipinski definition) is 5. The lowest BCUT2D eigenvalue weighted by atomic mass is 9.91. The van der Waals surface area contributed by atoms with Crippen molar-refractivity contribution >= 4 is 46.3 Å². The van der Waals surface area contributed by atoms with Crippen molar-refractivity contribution in [2.75, 3.05) is 23.0 Å². The normalized spacial score (nSPS) is 20.3. The van der Waals surface area contributed by atoms with Crippen LogP contribution in [0.4, 0.5) is 17.2 Å². The van der Waals surface area contributed by atoms with Crippen LogP contribution in [-0.4, -0.2) is 62.6 Å². The third-order valence-electron chi connectivity index (χ3n) is 6.87. The maximum atomic E-state index is 13.1. The average Bonchev–Trinajstić information content (AvgIpc) is 3.59. The van der Waals surface area contributed by atoms with Crippen LogP contribution in [0.15, 0.2) is 30.6 Å². The van der Waals surface area contributed by atoms with Crippen LogP contribution >= 0.6 is 11.6 Å². The van der Waals surface area contributed by atoms with Gasteiger partial charge < -0.3 is 26.6 Å². The van der Waals surface area contributed by atoms with E-state index in [-0.39, 0.29) is 29.9 Å². The van der Waals surface area contributed by atoms with E-state index in [1.54, 1.807) is 23.7 Å². The van der Waals surface area contributed by atoms with Gasteiger partial charge in [0.2, 0.25) is 5.91 Å². The number of fused-ring (bicyclic) bond motifs is 1. The lowest BCUT2D eigenvalue weighted by molar-refractivity contribution is -0.123. The maximum Gasteiger partial charge on any atom is 0.276 e. The second-order valence-corrected chi connectivity index (χ2v) is 10.2. The summed E-state index contributed by atoms with van der Waals surface area (Å²) in [5, 5.41) is 21.0. The molecule has 2 saturated carbocycles. The van der Waals surface area contributed by atoms with Crippen LogP contribution in [0.1, 0.15) is 55.9 Å². The number of halogens is 1. The molecule has 0 aliphatic heterocycles. The highest BCUT2D eigenvalue weighted by molar-refractivity contribution is 6.29. The number of rotatable bonds is 9. The van der Waals surface area contributed by atoms with Gasteiger partial charge in [-0.25, -0.2) is 14.5 Å². The third-order valence-corrected chi connectivity index (χ3v) is 7.08. The van der Waals surface area contributed by atoms with E-state index in [9.17, 15) is 9.59 Å². The van der Waals surface area contributed by atoms with Crippen molar-refractivity contribution in [2.45, 2.75) is 69.6 Å². The zero-order chi connectivity index (χ0) is 25.9. The van der Waals surface area contributed by atoms with Gasteiger partial charge in [0.05, 0.1) is 17.9 Å². The summed E-state index contributed by atoms with van der Waals surface area (Å²) in [5.41, 5.74) is 2.29. The molecule has 0 saturated heterocycles. The van der Waals surface area contributed by atoms with E-state index in [1.807, 2.05) is 13.0 Å². The molecule has 0 radical (unpaired) electrons. The Balaban J connectivity index is 1.31. The van der Waals surface area contributed by atoms with Crippen molar-refractivity contribution < 1.29 is 9.59 Å². The van der Waals surface area contributed by atoms with E-state index in [2.05, 4.69) is 36.6 Å². The molecule has 2 amide bonds. The molecule has 3 heterocycles. The highest BCUT2D eigenvalue weighted by Gasteiger charge is 2.27. The Hall–Kier alpha value is -3.44. The molecule has 12 heteroatoms. The first-order chi connectivity index (χ1) is 17.9. The fraction of sp³-hybridized carbons (Fsp3) is 0.480. The SMILES string of the molecule is CN[C@@H](C)C(=O)N[C@H]1CC[C@H](Nc2cc(NC3CC3)c3ncc(C(=O)Nc4ccnc(Cl)c4)n3n2)CC1. The van der Waals surface area contributed by atoms with Crippen molar-refractivity contribution in [2.24, 2.45) is 0 Å². The van der Waals surface area contributed by atoms with E-state index in [4.69, 9.17) is 16.7 Å². The van der Waals surface area contributed by atoms with Crippen LogP contribution in [0.3, 0.4) is 0 Å². The van der Waals surface area contributed by atoms with Gasteiger partial charge in [0.25, 0.3) is 5.91 Å². The van der Waals surface area contributed by atoms with Crippen LogP contribution in [0, 0.1) is 0 Å². The minimum atomic E-state index is -0.344. The molecular formula is C25H32ClN9O2. The third kappa shape index (κ3) is 6.11. The summed E-state index contributed by atoms with van der Waals surface area (Å²) in [6.45, 7) is 1.86. The van der Waals surface area contributed by atoms with Gasteiger partial charge in [0.15, 0.2) is 11.3 Å². The van der Waals surface area contributed by atoms with Crippen molar-refractivity contribution in [3.8, 4) is 0 Å². The predicted molar refractivity (Wildman–Crippen MR) is 143 cm³/mol. The smallest absolute Gasteiger partial charge is 0.276 e. The van der Waals surface area contributed by atoms with Gasteiger partial charge >= 0.3 is 0 Å². The maximum absolute atomic E-state index is 13.1. The van der Waals surface area contributed by atoms with Gasteiger partial charge in [-0.05, 0) is 64.6 Å². The van der Waals surface area contributed by atoms with Gasteiger partial charge in [-0.3, -0.25) is 9.59 Å². The Morgan fingerprint density at radius 2 is 1.73 bits per heavy atom. The molecule has 37 heavy (non-hydrogen) atoms. The van der Waals surface area contributed by atoms with Gasteiger partial charge in [0, 0.05) is 36.1 Å². The molecule has 0 unspecified atom stereocenters. The molecular weight excluding hydrogens is 494 g/mol. The van der Waals surface area contributed by atoms with Crippen molar-refractivity contribution in [3.63, 3.8) is 0 Å². The summed E-state index contributed by atoms with van der Waals surface area (Å²) in [4.78, 5) is 33.7. The predicted octanol–water partition coefficient (Wildman–Crippen LogP) is 3.05. The number of aromatic nitrogens is 4.